The molecule has 0 unspecified atom stereocenters. The number of rotatable bonds is 4. The first-order valence-electron chi connectivity index (χ1n) is 16.2. The highest BCUT2D eigenvalue weighted by Crippen LogP contribution is 2.55. The van der Waals surface area contributed by atoms with E-state index in [1.165, 1.54) is 60.8 Å². The topological polar surface area (TPSA) is 50.8 Å². The molecule has 0 spiro atoms. The standard InChI is InChI=1S/C45H29N3/c1-45(2)40-17-6-5-14-39(40)44-41(45)18-9-19-42(44)48(32-23-28(26-46)22-29(24-32)27-47)31-11-7-10-30(25-31)33-20-21-38-35-13-4-3-12-34(35)37-16-8-15-36(33)43(37)38/h3-25H,1-2H3. The highest BCUT2D eigenvalue weighted by molar-refractivity contribution is 6.18. The second-order valence-electron chi connectivity index (χ2n) is 13.2. The maximum atomic E-state index is 9.99. The molecule has 0 radical (unpaired) electrons. The maximum Gasteiger partial charge on any atom is 0.0992 e. The number of nitrogens with zero attached hydrogens (tertiary/aromatic N) is 3. The second-order valence-corrected chi connectivity index (χ2v) is 13.2. The fraction of sp³-hybridized carbons (Fsp3) is 0.0667. The summed E-state index contributed by atoms with van der Waals surface area (Å²) in [6.07, 6.45) is 0. The van der Waals surface area contributed by atoms with Gasteiger partial charge >= 0.3 is 0 Å². The summed E-state index contributed by atoms with van der Waals surface area (Å²) in [5, 5.41) is 22.5. The van der Waals surface area contributed by atoms with E-state index in [9.17, 15) is 10.5 Å². The molecule has 0 aliphatic heterocycles. The zero-order valence-electron chi connectivity index (χ0n) is 26.6. The first-order valence-corrected chi connectivity index (χ1v) is 16.2. The zero-order chi connectivity index (χ0) is 32.6. The first kappa shape index (κ1) is 27.9. The second kappa shape index (κ2) is 10.3. The van der Waals surface area contributed by atoms with Gasteiger partial charge in [-0.1, -0.05) is 117 Å². The van der Waals surface area contributed by atoms with E-state index in [1.54, 1.807) is 6.07 Å². The maximum absolute atomic E-state index is 9.99. The van der Waals surface area contributed by atoms with Crippen LogP contribution in [0.15, 0.2) is 140 Å². The SMILES string of the molecule is CC1(C)c2ccccc2-c2c(N(c3cc(C#N)cc(C#N)c3)c3cccc(-c4ccc5c6c(cccc46)-c4ccccc4-5)c3)cccc21. The van der Waals surface area contributed by atoms with Crippen molar-refractivity contribution in [2.24, 2.45) is 0 Å². The minimum Gasteiger partial charge on any atom is -0.310 e. The van der Waals surface area contributed by atoms with E-state index in [2.05, 4.69) is 152 Å². The van der Waals surface area contributed by atoms with Gasteiger partial charge in [-0.15, -0.1) is 0 Å². The Balaban J connectivity index is 1.29. The Morgan fingerprint density at radius 1 is 0.500 bits per heavy atom. The monoisotopic (exact) mass is 611 g/mol. The molecule has 7 aromatic rings. The molecule has 0 aromatic heterocycles. The lowest BCUT2D eigenvalue weighted by molar-refractivity contribution is 0.660. The summed E-state index contributed by atoms with van der Waals surface area (Å²) in [5.74, 6) is 0. The molecule has 3 nitrogen and oxygen atoms in total. The largest absolute Gasteiger partial charge is 0.310 e. The summed E-state index contributed by atoms with van der Waals surface area (Å²) in [6, 6.07) is 53.6. The van der Waals surface area contributed by atoms with Crippen molar-refractivity contribution < 1.29 is 0 Å². The molecule has 48 heavy (non-hydrogen) atoms. The van der Waals surface area contributed by atoms with Gasteiger partial charge in [-0.25, -0.2) is 0 Å². The third kappa shape index (κ3) is 3.92. The van der Waals surface area contributed by atoms with Gasteiger partial charge in [-0.05, 0) is 97.2 Å². The van der Waals surface area contributed by atoms with E-state index in [1.807, 2.05) is 12.1 Å². The molecule has 0 fully saturated rings. The van der Waals surface area contributed by atoms with E-state index >= 15 is 0 Å². The Bertz CT molecular complexity index is 2520. The summed E-state index contributed by atoms with van der Waals surface area (Å²) in [6.45, 7) is 4.56. The number of anilines is 3. The Morgan fingerprint density at radius 2 is 1.10 bits per heavy atom. The van der Waals surface area contributed by atoms with Crippen LogP contribution in [0.5, 0.6) is 0 Å². The first-order chi connectivity index (χ1) is 23.5. The molecule has 2 aliphatic carbocycles. The summed E-state index contributed by atoms with van der Waals surface area (Å²) in [7, 11) is 0. The van der Waals surface area contributed by atoms with Gasteiger partial charge in [0.15, 0.2) is 0 Å². The molecule has 0 heterocycles. The third-order valence-corrected chi connectivity index (χ3v) is 10.2. The minimum absolute atomic E-state index is 0.177. The van der Waals surface area contributed by atoms with Crippen molar-refractivity contribution in [3.05, 3.63) is 162 Å². The summed E-state index contributed by atoms with van der Waals surface area (Å²) in [5.41, 5.74) is 15.8. The molecular weight excluding hydrogens is 583 g/mol. The van der Waals surface area contributed by atoms with Crippen LogP contribution in [0.1, 0.15) is 36.1 Å². The predicted octanol–water partition coefficient (Wildman–Crippen LogP) is 11.7. The molecule has 7 aromatic carbocycles. The van der Waals surface area contributed by atoms with Crippen molar-refractivity contribution in [1.29, 1.82) is 10.5 Å². The van der Waals surface area contributed by atoms with Gasteiger partial charge in [-0.3, -0.25) is 0 Å². The molecule has 0 amide bonds. The smallest absolute Gasteiger partial charge is 0.0992 e. The van der Waals surface area contributed by atoms with Crippen LogP contribution in [-0.2, 0) is 5.41 Å². The Kier molecular flexibility index (Phi) is 5.97. The molecule has 0 atom stereocenters. The van der Waals surface area contributed by atoms with Gasteiger partial charge in [0.25, 0.3) is 0 Å². The van der Waals surface area contributed by atoms with E-state index in [-0.39, 0.29) is 5.41 Å². The number of hydrogen-bond acceptors (Lipinski definition) is 3. The number of hydrogen-bond donors (Lipinski definition) is 0. The Hall–Kier alpha value is -6.42. The molecular formula is C45H29N3. The minimum atomic E-state index is -0.177. The van der Waals surface area contributed by atoms with E-state index < -0.39 is 0 Å². The molecule has 3 heteroatoms. The summed E-state index contributed by atoms with van der Waals surface area (Å²) < 4.78 is 0. The molecule has 0 saturated heterocycles. The van der Waals surface area contributed by atoms with Crippen molar-refractivity contribution in [3.63, 3.8) is 0 Å². The fourth-order valence-corrected chi connectivity index (χ4v) is 8.09. The molecule has 0 bridgehead atoms. The van der Waals surface area contributed by atoms with Crippen molar-refractivity contribution in [1.82, 2.24) is 0 Å². The highest BCUT2D eigenvalue weighted by Gasteiger charge is 2.37. The normalized spacial score (nSPS) is 12.9. The quantitative estimate of drug-likeness (QED) is 0.199. The van der Waals surface area contributed by atoms with E-state index in [4.69, 9.17) is 0 Å². The lowest BCUT2D eigenvalue weighted by atomic mass is 9.82. The third-order valence-electron chi connectivity index (χ3n) is 10.2. The lowest BCUT2D eigenvalue weighted by Gasteiger charge is -2.29. The Labute approximate surface area is 280 Å². The molecule has 2 aliphatic rings. The van der Waals surface area contributed by atoms with Crippen LogP contribution in [0.2, 0.25) is 0 Å². The molecule has 9 rings (SSSR count). The van der Waals surface area contributed by atoms with Crippen LogP contribution in [-0.4, -0.2) is 0 Å². The molecule has 0 N–H and O–H groups in total. The van der Waals surface area contributed by atoms with E-state index in [0.29, 0.717) is 11.1 Å². The molecule has 224 valence electrons. The predicted molar refractivity (Wildman–Crippen MR) is 195 cm³/mol. The molecule has 0 saturated carbocycles. The van der Waals surface area contributed by atoms with Crippen LogP contribution < -0.4 is 4.90 Å². The van der Waals surface area contributed by atoms with E-state index in [0.717, 1.165) is 22.6 Å². The van der Waals surface area contributed by atoms with Crippen LogP contribution in [0.4, 0.5) is 17.1 Å². The average molecular weight is 612 g/mol. The summed E-state index contributed by atoms with van der Waals surface area (Å²) in [4.78, 5) is 2.22. The van der Waals surface area contributed by atoms with Gasteiger partial charge < -0.3 is 4.90 Å². The van der Waals surface area contributed by atoms with Crippen LogP contribution in [0.3, 0.4) is 0 Å². The van der Waals surface area contributed by atoms with Crippen molar-refractivity contribution in [2.45, 2.75) is 19.3 Å². The average Bonchev–Trinajstić information content (AvgIpc) is 3.58. The van der Waals surface area contributed by atoms with Gasteiger partial charge in [0, 0.05) is 22.4 Å². The van der Waals surface area contributed by atoms with Crippen LogP contribution >= 0.6 is 0 Å². The zero-order valence-corrected chi connectivity index (χ0v) is 26.6. The summed E-state index contributed by atoms with van der Waals surface area (Å²) >= 11 is 0. The fourth-order valence-electron chi connectivity index (χ4n) is 8.09. The lowest BCUT2D eigenvalue weighted by Crippen LogP contribution is -2.16. The van der Waals surface area contributed by atoms with Gasteiger partial charge in [0.05, 0.1) is 29.0 Å². The number of fused-ring (bicyclic) bond motifs is 6. The van der Waals surface area contributed by atoms with Crippen molar-refractivity contribution in [2.75, 3.05) is 4.90 Å². The number of nitriles is 2. The van der Waals surface area contributed by atoms with Crippen molar-refractivity contribution in [3.8, 4) is 56.6 Å². The number of benzene rings is 7. The Morgan fingerprint density at radius 3 is 1.85 bits per heavy atom. The van der Waals surface area contributed by atoms with Gasteiger partial charge in [0.1, 0.15) is 0 Å². The van der Waals surface area contributed by atoms with Gasteiger partial charge in [-0.2, -0.15) is 10.5 Å². The van der Waals surface area contributed by atoms with Crippen molar-refractivity contribution >= 4 is 27.8 Å². The highest BCUT2D eigenvalue weighted by atomic mass is 15.1. The van der Waals surface area contributed by atoms with Crippen LogP contribution in [0.25, 0.3) is 55.3 Å². The van der Waals surface area contributed by atoms with Gasteiger partial charge in [0.2, 0.25) is 0 Å². The van der Waals surface area contributed by atoms with Crippen LogP contribution in [0, 0.1) is 22.7 Å².